The number of carbonyl (C=O) groups excluding carboxylic acids is 1. The summed E-state index contributed by atoms with van der Waals surface area (Å²) in [6.07, 6.45) is 4.79. The summed E-state index contributed by atoms with van der Waals surface area (Å²) in [5, 5.41) is 12.3. The number of hydrogen-bond acceptors (Lipinski definition) is 5. The molecule has 3 N–H and O–H groups in total. The van der Waals surface area contributed by atoms with Crippen LogP contribution in [0.4, 0.5) is 11.4 Å². The molecule has 7 nitrogen and oxygen atoms in total. The molecule has 0 aromatic carbocycles. The van der Waals surface area contributed by atoms with Gasteiger partial charge in [-0.25, -0.2) is 9.97 Å². The summed E-state index contributed by atoms with van der Waals surface area (Å²) in [4.78, 5) is 20.9. The number of hydrogen-bond donors (Lipinski definition) is 3. The maximum atomic E-state index is 12.3. The lowest BCUT2D eigenvalue weighted by Gasteiger charge is -2.12. The molecule has 0 bridgehead atoms. The van der Waals surface area contributed by atoms with Crippen molar-refractivity contribution in [3.05, 3.63) is 30.1 Å². The second-order valence-electron chi connectivity index (χ2n) is 4.62. The van der Waals surface area contributed by atoms with Crippen LogP contribution in [0.25, 0.3) is 0 Å². The van der Waals surface area contributed by atoms with E-state index >= 15 is 0 Å². The summed E-state index contributed by atoms with van der Waals surface area (Å²) in [5.41, 5.74) is 1.56. The van der Waals surface area contributed by atoms with E-state index < -0.39 is 0 Å². The molecular formula is C13H18N6O. The number of H-pyrrole nitrogens is 1. The normalized spacial score (nSPS) is 10.6. The molecule has 2 aromatic rings. The van der Waals surface area contributed by atoms with Gasteiger partial charge in [0.15, 0.2) is 5.69 Å². The molecule has 2 rings (SSSR count). The predicted molar refractivity (Wildman–Crippen MR) is 76.8 cm³/mol. The summed E-state index contributed by atoms with van der Waals surface area (Å²) >= 11 is 0. The lowest BCUT2D eigenvalue weighted by molar-refractivity contribution is 0.102. The Morgan fingerprint density at radius 2 is 2.20 bits per heavy atom. The number of rotatable bonds is 5. The van der Waals surface area contributed by atoms with Crippen LogP contribution in [0.15, 0.2) is 18.6 Å². The summed E-state index contributed by atoms with van der Waals surface area (Å²) < 4.78 is 0. The first-order valence-corrected chi connectivity index (χ1v) is 6.52. The van der Waals surface area contributed by atoms with Gasteiger partial charge in [-0.1, -0.05) is 13.8 Å². The molecule has 0 radical (unpaired) electrons. The summed E-state index contributed by atoms with van der Waals surface area (Å²) in [6, 6.07) is 0. The standard InChI is InChI=1S/C13H18N6O/c1-4-14-10-7-15-12(8(2)3)19-11(10)13(20)18-9-5-16-17-6-9/h5-8,14H,4H2,1-3H3,(H,16,17)(H,18,20). The second-order valence-corrected chi connectivity index (χ2v) is 4.62. The Balaban J connectivity index is 2.30. The first-order valence-electron chi connectivity index (χ1n) is 6.52. The van der Waals surface area contributed by atoms with E-state index in [1.54, 1.807) is 12.4 Å². The van der Waals surface area contributed by atoms with Crippen molar-refractivity contribution in [2.75, 3.05) is 17.2 Å². The van der Waals surface area contributed by atoms with Crippen LogP contribution in [0.1, 0.15) is 43.0 Å². The second kappa shape index (κ2) is 6.14. The van der Waals surface area contributed by atoms with Gasteiger partial charge >= 0.3 is 0 Å². The molecule has 0 atom stereocenters. The minimum absolute atomic E-state index is 0.158. The van der Waals surface area contributed by atoms with Gasteiger partial charge < -0.3 is 10.6 Å². The number of amides is 1. The van der Waals surface area contributed by atoms with Crippen LogP contribution in [0, 0.1) is 0 Å². The quantitative estimate of drug-likeness (QED) is 0.775. The largest absolute Gasteiger partial charge is 0.382 e. The van der Waals surface area contributed by atoms with E-state index in [1.807, 2.05) is 20.8 Å². The van der Waals surface area contributed by atoms with Crippen molar-refractivity contribution in [3.8, 4) is 0 Å². The molecule has 20 heavy (non-hydrogen) atoms. The zero-order valence-electron chi connectivity index (χ0n) is 11.8. The maximum Gasteiger partial charge on any atom is 0.276 e. The first-order chi connectivity index (χ1) is 9.61. The van der Waals surface area contributed by atoms with Gasteiger partial charge in [-0.15, -0.1) is 0 Å². The predicted octanol–water partition coefficient (Wildman–Crippen LogP) is 2.01. The Morgan fingerprint density at radius 3 is 2.80 bits per heavy atom. The highest BCUT2D eigenvalue weighted by Gasteiger charge is 2.16. The third-order valence-electron chi connectivity index (χ3n) is 2.66. The van der Waals surface area contributed by atoms with Crippen LogP contribution in [-0.4, -0.2) is 32.6 Å². The number of nitrogens with zero attached hydrogens (tertiary/aromatic N) is 3. The zero-order chi connectivity index (χ0) is 14.5. The monoisotopic (exact) mass is 274 g/mol. The van der Waals surface area contributed by atoms with E-state index in [9.17, 15) is 4.79 Å². The fourth-order valence-corrected chi connectivity index (χ4v) is 1.68. The van der Waals surface area contributed by atoms with Gasteiger partial charge in [0.05, 0.1) is 23.8 Å². The van der Waals surface area contributed by atoms with E-state index in [1.165, 1.54) is 6.20 Å². The molecule has 106 valence electrons. The molecule has 0 aliphatic carbocycles. The number of anilines is 2. The smallest absolute Gasteiger partial charge is 0.276 e. The fraction of sp³-hybridized carbons (Fsp3) is 0.385. The molecule has 0 aliphatic heterocycles. The number of aromatic amines is 1. The van der Waals surface area contributed by atoms with Crippen LogP contribution < -0.4 is 10.6 Å². The molecule has 0 aliphatic rings. The van der Waals surface area contributed by atoms with E-state index in [-0.39, 0.29) is 11.8 Å². The van der Waals surface area contributed by atoms with Crippen molar-refractivity contribution >= 4 is 17.3 Å². The van der Waals surface area contributed by atoms with Gasteiger partial charge in [-0.05, 0) is 6.92 Å². The molecule has 2 aromatic heterocycles. The molecule has 2 heterocycles. The molecule has 0 saturated heterocycles. The Bertz CT molecular complexity index is 579. The molecule has 1 amide bonds. The van der Waals surface area contributed by atoms with Crippen molar-refractivity contribution in [3.63, 3.8) is 0 Å². The summed E-state index contributed by atoms with van der Waals surface area (Å²) in [6.45, 7) is 6.62. The van der Waals surface area contributed by atoms with Crippen LogP contribution in [0.5, 0.6) is 0 Å². The topological polar surface area (TPSA) is 95.6 Å². The first kappa shape index (κ1) is 14.0. The average Bonchev–Trinajstić information content (AvgIpc) is 2.92. The van der Waals surface area contributed by atoms with Gasteiger partial charge in [0.2, 0.25) is 0 Å². The van der Waals surface area contributed by atoms with Gasteiger partial charge in [-0.2, -0.15) is 5.10 Å². The van der Waals surface area contributed by atoms with Crippen LogP contribution in [-0.2, 0) is 0 Å². The molecular weight excluding hydrogens is 256 g/mol. The Kier molecular flexibility index (Phi) is 4.29. The molecule has 0 fully saturated rings. The van der Waals surface area contributed by atoms with Gasteiger partial charge in [0, 0.05) is 18.7 Å². The van der Waals surface area contributed by atoms with Crippen molar-refractivity contribution in [2.24, 2.45) is 0 Å². The highest BCUT2D eigenvalue weighted by molar-refractivity contribution is 6.06. The third kappa shape index (κ3) is 3.11. The van der Waals surface area contributed by atoms with Gasteiger partial charge in [-0.3, -0.25) is 9.89 Å². The van der Waals surface area contributed by atoms with Crippen LogP contribution in [0.2, 0.25) is 0 Å². The Morgan fingerprint density at radius 1 is 1.40 bits per heavy atom. The van der Waals surface area contributed by atoms with Crippen molar-refractivity contribution in [2.45, 2.75) is 26.7 Å². The average molecular weight is 274 g/mol. The van der Waals surface area contributed by atoms with Crippen molar-refractivity contribution in [1.82, 2.24) is 20.2 Å². The van der Waals surface area contributed by atoms with Crippen molar-refractivity contribution < 1.29 is 4.79 Å². The molecule has 0 saturated carbocycles. The van der Waals surface area contributed by atoms with E-state index in [4.69, 9.17) is 0 Å². The van der Waals surface area contributed by atoms with Gasteiger partial charge in [0.1, 0.15) is 5.82 Å². The maximum absolute atomic E-state index is 12.3. The third-order valence-corrected chi connectivity index (χ3v) is 2.66. The fourth-order valence-electron chi connectivity index (χ4n) is 1.68. The molecule has 0 spiro atoms. The van der Waals surface area contributed by atoms with Crippen LogP contribution in [0.3, 0.4) is 0 Å². The Hall–Kier alpha value is -2.44. The zero-order valence-corrected chi connectivity index (χ0v) is 11.8. The molecule has 0 unspecified atom stereocenters. The van der Waals surface area contributed by atoms with Gasteiger partial charge in [0.25, 0.3) is 5.91 Å². The number of nitrogens with one attached hydrogen (secondary N) is 3. The van der Waals surface area contributed by atoms with Crippen LogP contribution >= 0.6 is 0 Å². The SMILES string of the molecule is CCNc1cnc(C(C)C)nc1C(=O)Nc1cn[nH]c1. The highest BCUT2D eigenvalue weighted by atomic mass is 16.1. The summed E-state index contributed by atoms with van der Waals surface area (Å²) in [7, 11) is 0. The van der Waals surface area contributed by atoms with E-state index in [2.05, 4.69) is 30.8 Å². The minimum Gasteiger partial charge on any atom is -0.382 e. The van der Waals surface area contributed by atoms with E-state index in [0.717, 1.165) is 0 Å². The molecule has 7 heteroatoms. The lowest BCUT2D eigenvalue weighted by atomic mass is 10.2. The minimum atomic E-state index is -0.286. The Labute approximate surface area is 117 Å². The highest BCUT2D eigenvalue weighted by Crippen LogP contribution is 2.17. The number of aromatic nitrogens is 4. The summed E-state index contributed by atoms with van der Waals surface area (Å²) in [5.74, 6) is 0.516. The lowest BCUT2D eigenvalue weighted by Crippen LogP contribution is -2.18. The van der Waals surface area contributed by atoms with E-state index in [0.29, 0.717) is 29.4 Å². The van der Waals surface area contributed by atoms with Crippen molar-refractivity contribution in [1.29, 1.82) is 0 Å². The number of carbonyl (C=O) groups is 1.